The van der Waals surface area contributed by atoms with Gasteiger partial charge >= 0.3 is 5.97 Å². The smallest absolute Gasteiger partial charge is 0.344 e. The highest BCUT2D eigenvalue weighted by atomic mass is 16.5. The first-order valence-corrected chi connectivity index (χ1v) is 5.02. The number of aryl methyl sites for hydroxylation is 1. The van der Waals surface area contributed by atoms with Crippen molar-refractivity contribution < 1.29 is 14.6 Å². The van der Waals surface area contributed by atoms with Crippen molar-refractivity contribution in [2.45, 2.75) is 33.3 Å². The van der Waals surface area contributed by atoms with Crippen LogP contribution >= 0.6 is 0 Å². The van der Waals surface area contributed by atoms with E-state index in [1.165, 1.54) is 0 Å². The maximum Gasteiger partial charge on any atom is 0.344 e. The Morgan fingerprint density at radius 3 is 2.67 bits per heavy atom. The Labute approximate surface area is 89.7 Å². The molecule has 15 heavy (non-hydrogen) atoms. The Balaban J connectivity index is 2.88. The van der Waals surface area contributed by atoms with Crippen molar-refractivity contribution in [3.63, 3.8) is 0 Å². The average Bonchev–Trinajstić information content (AvgIpc) is 2.19. The number of carboxylic acid groups (broad SMARTS) is 1. The summed E-state index contributed by atoms with van der Waals surface area (Å²) < 4.78 is 5.44. The number of hydrogen-bond acceptors (Lipinski definition) is 2. The molecule has 1 rings (SSSR count). The molecule has 0 fully saturated rings. The highest BCUT2D eigenvalue weighted by Gasteiger charge is 2.17. The lowest BCUT2D eigenvalue weighted by Crippen LogP contribution is -2.26. The van der Waals surface area contributed by atoms with Crippen LogP contribution in [0.5, 0.6) is 5.75 Å². The molecule has 1 atom stereocenters. The first kappa shape index (κ1) is 11.6. The largest absolute Gasteiger partial charge is 0.479 e. The number of aliphatic carboxylic acids is 1. The van der Waals surface area contributed by atoms with Crippen molar-refractivity contribution in [2.75, 3.05) is 0 Å². The molecule has 3 nitrogen and oxygen atoms in total. The molecule has 0 saturated carbocycles. The van der Waals surface area contributed by atoms with Crippen LogP contribution in [0.15, 0.2) is 18.2 Å². The SMILES string of the molecule is CC[C@@H](Oc1cccc(C)c1C)C(=O)O. The molecule has 0 aliphatic rings. The highest BCUT2D eigenvalue weighted by Crippen LogP contribution is 2.22. The number of benzene rings is 1. The second-order valence-electron chi connectivity index (χ2n) is 3.55. The lowest BCUT2D eigenvalue weighted by molar-refractivity contribution is -0.145. The Morgan fingerprint density at radius 1 is 1.47 bits per heavy atom. The molecular formula is C12H16O3. The number of carboxylic acids is 1. The third-order valence-electron chi connectivity index (χ3n) is 2.47. The van der Waals surface area contributed by atoms with Crippen LogP contribution in [0, 0.1) is 13.8 Å². The fraction of sp³-hybridized carbons (Fsp3) is 0.417. The number of rotatable bonds is 4. The Kier molecular flexibility index (Phi) is 3.72. The summed E-state index contributed by atoms with van der Waals surface area (Å²) in [6, 6.07) is 5.64. The van der Waals surface area contributed by atoms with E-state index in [2.05, 4.69) is 0 Å². The average molecular weight is 208 g/mol. The van der Waals surface area contributed by atoms with Gasteiger partial charge in [0.2, 0.25) is 0 Å². The van der Waals surface area contributed by atoms with Crippen LogP contribution in [0.2, 0.25) is 0 Å². The van der Waals surface area contributed by atoms with Crippen LogP contribution in [0.3, 0.4) is 0 Å². The molecule has 0 radical (unpaired) electrons. The molecule has 3 heteroatoms. The zero-order valence-electron chi connectivity index (χ0n) is 9.28. The van der Waals surface area contributed by atoms with Gasteiger partial charge in [-0.15, -0.1) is 0 Å². The number of carbonyl (C=O) groups is 1. The molecular weight excluding hydrogens is 192 g/mol. The molecule has 0 heterocycles. The van der Waals surface area contributed by atoms with Crippen molar-refractivity contribution in [1.29, 1.82) is 0 Å². The summed E-state index contributed by atoms with van der Waals surface area (Å²) in [5, 5.41) is 8.87. The first-order valence-electron chi connectivity index (χ1n) is 5.02. The van der Waals surface area contributed by atoms with Crippen LogP contribution in [-0.4, -0.2) is 17.2 Å². The molecule has 0 amide bonds. The minimum atomic E-state index is -0.918. The van der Waals surface area contributed by atoms with Crippen LogP contribution in [-0.2, 0) is 4.79 Å². The van der Waals surface area contributed by atoms with Gasteiger partial charge in [0, 0.05) is 0 Å². The maximum absolute atomic E-state index is 10.8. The molecule has 1 aromatic carbocycles. The van der Waals surface area contributed by atoms with E-state index in [0.29, 0.717) is 12.2 Å². The molecule has 0 bridgehead atoms. The van der Waals surface area contributed by atoms with E-state index in [1.807, 2.05) is 26.0 Å². The van der Waals surface area contributed by atoms with Gasteiger partial charge in [0.1, 0.15) is 5.75 Å². The predicted molar refractivity (Wildman–Crippen MR) is 58.3 cm³/mol. The van der Waals surface area contributed by atoms with Gasteiger partial charge in [0.05, 0.1) is 0 Å². The molecule has 0 aromatic heterocycles. The third kappa shape index (κ3) is 2.72. The molecule has 0 spiro atoms. The van der Waals surface area contributed by atoms with E-state index in [4.69, 9.17) is 9.84 Å². The predicted octanol–water partition coefficient (Wildman–Crippen LogP) is 2.55. The van der Waals surface area contributed by atoms with Crippen molar-refractivity contribution in [3.05, 3.63) is 29.3 Å². The van der Waals surface area contributed by atoms with Gasteiger partial charge in [-0.05, 0) is 37.5 Å². The van der Waals surface area contributed by atoms with Crippen molar-refractivity contribution in [3.8, 4) is 5.75 Å². The minimum Gasteiger partial charge on any atom is -0.479 e. The van der Waals surface area contributed by atoms with E-state index in [0.717, 1.165) is 11.1 Å². The van der Waals surface area contributed by atoms with Crippen LogP contribution in [0.1, 0.15) is 24.5 Å². The third-order valence-corrected chi connectivity index (χ3v) is 2.47. The molecule has 0 unspecified atom stereocenters. The fourth-order valence-electron chi connectivity index (χ4n) is 1.31. The summed E-state index contributed by atoms with van der Waals surface area (Å²) in [4.78, 5) is 10.8. The monoisotopic (exact) mass is 208 g/mol. The molecule has 0 aliphatic carbocycles. The van der Waals surface area contributed by atoms with E-state index in [1.54, 1.807) is 13.0 Å². The van der Waals surface area contributed by atoms with Gasteiger partial charge in [-0.3, -0.25) is 0 Å². The number of ether oxygens (including phenoxy) is 1. The molecule has 0 aliphatic heterocycles. The van der Waals surface area contributed by atoms with Crippen LogP contribution in [0.4, 0.5) is 0 Å². The van der Waals surface area contributed by atoms with Gasteiger partial charge < -0.3 is 9.84 Å². The first-order chi connectivity index (χ1) is 7.06. The van der Waals surface area contributed by atoms with E-state index < -0.39 is 12.1 Å². The second kappa shape index (κ2) is 4.82. The van der Waals surface area contributed by atoms with Crippen molar-refractivity contribution >= 4 is 5.97 Å². The zero-order chi connectivity index (χ0) is 11.4. The Bertz CT molecular complexity index is 358. The van der Waals surface area contributed by atoms with Gasteiger partial charge in [0.15, 0.2) is 6.10 Å². The van der Waals surface area contributed by atoms with Gasteiger partial charge in [-0.1, -0.05) is 19.1 Å². The summed E-state index contributed by atoms with van der Waals surface area (Å²) in [5.74, 6) is -0.261. The lowest BCUT2D eigenvalue weighted by Gasteiger charge is -2.15. The van der Waals surface area contributed by atoms with E-state index >= 15 is 0 Å². The lowest BCUT2D eigenvalue weighted by atomic mass is 10.1. The Morgan fingerprint density at radius 2 is 2.13 bits per heavy atom. The Hall–Kier alpha value is -1.51. The molecule has 1 aromatic rings. The molecule has 0 saturated heterocycles. The topological polar surface area (TPSA) is 46.5 Å². The summed E-state index contributed by atoms with van der Waals surface area (Å²) in [7, 11) is 0. The quantitative estimate of drug-likeness (QED) is 0.827. The highest BCUT2D eigenvalue weighted by molar-refractivity contribution is 5.72. The van der Waals surface area contributed by atoms with Gasteiger partial charge in [-0.2, -0.15) is 0 Å². The fourth-order valence-corrected chi connectivity index (χ4v) is 1.31. The maximum atomic E-state index is 10.8. The normalized spacial score (nSPS) is 12.2. The number of hydrogen-bond donors (Lipinski definition) is 1. The summed E-state index contributed by atoms with van der Waals surface area (Å²) >= 11 is 0. The zero-order valence-corrected chi connectivity index (χ0v) is 9.28. The second-order valence-corrected chi connectivity index (χ2v) is 3.55. The van der Waals surface area contributed by atoms with Crippen LogP contribution < -0.4 is 4.74 Å². The van der Waals surface area contributed by atoms with E-state index in [-0.39, 0.29) is 0 Å². The van der Waals surface area contributed by atoms with Crippen molar-refractivity contribution in [1.82, 2.24) is 0 Å². The molecule has 82 valence electrons. The standard InChI is InChI=1S/C12H16O3/c1-4-10(12(13)14)15-11-7-5-6-8(2)9(11)3/h5-7,10H,4H2,1-3H3,(H,13,14)/t10-/m1/s1. The minimum absolute atomic E-state index is 0.461. The van der Waals surface area contributed by atoms with E-state index in [9.17, 15) is 4.79 Å². The summed E-state index contributed by atoms with van der Waals surface area (Å²) in [6.45, 7) is 5.70. The summed E-state index contributed by atoms with van der Waals surface area (Å²) in [5.41, 5.74) is 2.10. The van der Waals surface area contributed by atoms with Crippen LogP contribution in [0.25, 0.3) is 0 Å². The van der Waals surface area contributed by atoms with Gasteiger partial charge in [0.25, 0.3) is 0 Å². The van der Waals surface area contributed by atoms with Crippen molar-refractivity contribution in [2.24, 2.45) is 0 Å². The molecule has 1 N–H and O–H groups in total. The summed E-state index contributed by atoms with van der Waals surface area (Å²) in [6.07, 6.45) is -0.298. The van der Waals surface area contributed by atoms with Gasteiger partial charge in [-0.25, -0.2) is 4.79 Å².